The quantitative estimate of drug-likeness (QED) is 0.907. The molecule has 0 aliphatic carbocycles. The zero-order valence-electron chi connectivity index (χ0n) is 9.39. The Morgan fingerprint density at radius 1 is 1.39 bits per heavy atom. The summed E-state index contributed by atoms with van der Waals surface area (Å²) < 4.78 is 27.3. The van der Waals surface area contributed by atoms with E-state index < -0.39 is 17.6 Å². The average Bonchev–Trinajstić information content (AvgIpc) is 2.76. The molecular weight excluding hydrogens is 244 g/mol. The summed E-state index contributed by atoms with van der Waals surface area (Å²) in [6.07, 6.45) is 0. The summed E-state index contributed by atoms with van der Waals surface area (Å²) in [6, 6.07) is 3.14. The van der Waals surface area contributed by atoms with E-state index >= 15 is 0 Å². The topological polar surface area (TPSA) is 68.0 Å². The maximum Gasteiger partial charge on any atom is 0.358 e. The minimum atomic E-state index is -1.27. The number of carboxylic acids is 1. The molecule has 5 nitrogen and oxygen atoms in total. The molecule has 0 amide bonds. The Morgan fingerprint density at radius 3 is 2.67 bits per heavy atom. The van der Waals surface area contributed by atoms with Gasteiger partial charge in [0.25, 0.3) is 0 Å². The van der Waals surface area contributed by atoms with E-state index in [9.17, 15) is 13.6 Å². The second kappa shape index (κ2) is 4.52. The van der Waals surface area contributed by atoms with Crippen molar-refractivity contribution in [1.29, 1.82) is 0 Å². The number of carbonyl (C=O) groups is 1. The first kappa shape index (κ1) is 12.2. The van der Waals surface area contributed by atoms with Gasteiger partial charge in [0.2, 0.25) is 0 Å². The van der Waals surface area contributed by atoms with Gasteiger partial charge in [-0.15, -0.1) is 5.10 Å². The van der Waals surface area contributed by atoms with Crippen molar-refractivity contribution in [3.8, 4) is 11.3 Å². The number of nitrogens with zero attached hydrogens (tertiary/aromatic N) is 3. The highest BCUT2D eigenvalue weighted by atomic mass is 19.2. The smallest absolute Gasteiger partial charge is 0.358 e. The van der Waals surface area contributed by atoms with Gasteiger partial charge in [-0.05, 0) is 25.1 Å². The number of halogens is 2. The molecule has 0 saturated carbocycles. The lowest BCUT2D eigenvalue weighted by molar-refractivity contribution is 0.0691. The SMILES string of the molecule is CCn1nnc(C(=O)O)c1-c1ccc(F)c(F)c1. The Kier molecular flexibility index (Phi) is 3.05. The zero-order chi connectivity index (χ0) is 13.3. The molecule has 0 unspecified atom stereocenters. The van der Waals surface area contributed by atoms with E-state index in [0.29, 0.717) is 6.54 Å². The number of aryl methyl sites for hydroxylation is 1. The lowest BCUT2D eigenvalue weighted by atomic mass is 10.1. The van der Waals surface area contributed by atoms with E-state index in [0.717, 1.165) is 12.1 Å². The summed E-state index contributed by atoms with van der Waals surface area (Å²) in [4.78, 5) is 11.0. The zero-order valence-corrected chi connectivity index (χ0v) is 9.39. The molecular formula is C11H9F2N3O2. The van der Waals surface area contributed by atoms with Gasteiger partial charge < -0.3 is 5.11 Å². The molecule has 0 aliphatic heterocycles. The highest BCUT2D eigenvalue weighted by Crippen LogP contribution is 2.24. The molecule has 0 fully saturated rings. The highest BCUT2D eigenvalue weighted by molar-refractivity contribution is 5.92. The summed E-state index contributed by atoms with van der Waals surface area (Å²) in [6.45, 7) is 2.11. The lowest BCUT2D eigenvalue weighted by Gasteiger charge is -2.05. The van der Waals surface area contributed by atoms with E-state index in [1.807, 2.05) is 0 Å². The molecule has 0 atom stereocenters. The summed E-state index contributed by atoms with van der Waals surface area (Å²) in [5, 5.41) is 16.1. The standard InChI is InChI=1S/C11H9F2N3O2/c1-2-16-10(9(11(17)18)14-15-16)6-3-4-7(12)8(13)5-6/h3-5H,2H2,1H3,(H,17,18). The largest absolute Gasteiger partial charge is 0.476 e. The predicted octanol–water partition coefficient (Wildman–Crippen LogP) is 1.94. The van der Waals surface area contributed by atoms with Crippen LogP contribution in [0.2, 0.25) is 0 Å². The van der Waals surface area contributed by atoms with Gasteiger partial charge in [-0.2, -0.15) is 0 Å². The number of benzene rings is 1. The first-order chi connectivity index (χ1) is 8.54. The van der Waals surface area contributed by atoms with E-state index in [1.54, 1.807) is 6.92 Å². The van der Waals surface area contributed by atoms with Crippen molar-refractivity contribution in [3.63, 3.8) is 0 Å². The van der Waals surface area contributed by atoms with Gasteiger partial charge in [0, 0.05) is 12.1 Å². The number of rotatable bonds is 3. The number of aromatic carboxylic acids is 1. The molecule has 0 spiro atoms. The van der Waals surface area contributed by atoms with Crippen molar-refractivity contribution in [2.45, 2.75) is 13.5 Å². The van der Waals surface area contributed by atoms with Crippen LogP contribution < -0.4 is 0 Å². The Bertz CT molecular complexity index is 610. The molecule has 7 heteroatoms. The summed E-state index contributed by atoms with van der Waals surface area (Å²) in [5.74, 6) is -3.31. The van der Waals surface area contributed by atoms with Crippen LogP contribution in [0.3, 0.4) is 0 Å². The maximum absolute atomic E-state index is 13.2. The summed E-state index contributed by atoms with van der Waals surface area (Å²) in [7, 11) is 0. The minimum Gasteiger partial charge on any atom is -0.476 e. The number of hydrogen-bond donors (Lipinski definition) is 1. The van der Waals surface area contributed by atoms with Gasteiger partial charge in [-0.25, -0.2) is 18.3 Å². The second-order valence-electron chi connectivity index (χ2n) is 3.54. The van der Waals surface area contributed by atoms with Gasteiger partial charge in [0.05, 0.1) is 0 Å². The fourth-order valence-corrected chi connectivity index (χ4v) is 1.61. The Balaban J connectivity index is 2.64. The van der Waals surface area contributed by atoms with Crippen molar-refractivity contribution in [2.75, 3.05) is 0 Å². The van der Waals surface area contributed by atoms with Crippen LogP contribution in [0, 0.1) is 11.6 Å². The molecule has 2 rings (SSSR count). The highest BCUT2D eigenvalue weighted by Gasteiger charge is 2.20. The monoisotopic (exact) mass is 253 g/mol. The molecule has 0 bridgehead atoms. The number of aromatic nitrogens is 3. The van der Waals surface area contributed by atoms with E-state index in [1.165, 1.54) is 10.7 Å². The van der Waals surface area contributed by atoms with Crippen molar-refractivity contribution >= 4 is 5.97 Å². The van der Waals surface area contributed by atoms with Crippen LogP contribution in [-0.4, -0.2) is 26.1 Å². The van der Waals surface area contributed by atoms with Crippen LogP contribution in [0.4, 0.5) is 8.78 Å². The molecule has 0 aliphatic rings. The van der Waals surface area contributed by atoms with Crippen molar-refractivity contribution in [1.82, 2.24) is 15.0 Å². The summed E-state index contributed by atoms with van der Waals surface area (Å²) >= 11 is 0. The molecule has 0 saturated heterocycles. The Labute approximate surface area is 101 Å². The Morgan fingerprint density at radius 2 is 2.11 bits per heavy atom. The minimum absolute atomic E-state index is 0.156. The van der Waals surface area contributed by atoms with Gasteiger partial charge in [0.1, 0.15) is 5.69 Å². The van der Waals surface area contributed by atoms with E-state index in [4.69, 9.17) is 5.11 Å². The third kappa shape index (κ3) is 1.94. The molecule has 1 heterocycles. The molecule has 0 radical (unpaired) electrons. The van der Waals surface area contributed by atoms with Crippen molar-refractivity contribution in [3.05, 3.63) is 35.5 Å². The third-order valence-electron chi connectivity index (χ3n) is 2.43. The van der Waals surface area contributed by atoms with Crippen LogP contribution in [0.15, 0.2) is 18.2 Å². The first-order valence-corrected chi connectivity index (χ1v) is 5.16. The fraction of sp³-hybridized carbons (Fsp3) is 0.182. The van der Waals surface area contributed by atoms with Gasteiger partial charge in [-0.3, -0.25) is 0 Å². The fourth-order valence-electron chi connectivity index (χ4n) is 1.61. The number of carboxylic acid groups (broad SMARTS) is 1. The molecule has 94 valence electrons. The van der Waals surface area contributed by atoms with Crippen LogP contribution in [0.1, 0.15) is 17.4 Å². The molecule has 18 heavy (non-hydrogen) atoms. The predicted molar refractivity (Wildman–Crippen MR) is 58.0 cm³/mol. The lowest BCUT2D eigenvalue weighted by Crippen LogP contribution is -2.04. The van der Waals surface area contributed by atoms with Crippen LogP contribution in [0.5, 0.6) is 0 Å². The van der Waals surface area contributed by atoms with Gasteiger partial charge >= 0.3 is 5.97 Å². The average molecular weight is 253 g/mol. The van der Waals surface area contributed by atoms with Gasteiger partial charge in [-0.1, -0.05) is 5.21 Å². The first-order valence-electron chi connectivity index (χ1n) is 5.16. The van der Waals surface area contributed by atoms with Crippen LogP contribution in [-0.2, 0) is 6.54 Å². The second-order valence-corrected chi connectivity index (χ2v) is 3.54. The van der Waals surface area contributed by atoms with Crippen molar-refractivity contribution < 1.29 is 18.7 Å². The van der Waals surface area contributed by atoms with Crippen LogP contribution >= 0.6 is 0 Å². The van der Waals surface area contributed by atoms with Crippen molar-refractivity contribution in [2.24, 2.45) is 0 Å². The van der Waals surface area contributed by atoms with E-state index in [2.05, 4.69) is 10.3 Å². The Hall–Kier alpha value is -2.31. The van der Waals surface area contributed by atoms with E-state index in [-0.39, 0.29) is 17.0 Å². The summed E-state index contributed by atoms with van der Waals surface area (Å²) in [5.41, 5.74) is 0.0879. The number of hydrogen-bond acceptors (Lipinski definition) is 3. The molecule has 1 aromatic heterocycles. The van der Waals surface area contributed by atoms with Crippen LogP contribution in [0.25, 0.3) is 11.3 Å². The molecule has 2 aromatic rings. The molecule has 1 N–H and O–H groups in total. The third-order valence-corrected chi connectivity index (χ3v) is 2.43. The van der Waals surface area contributed by atoms with Gasteiger partial charge in [0.15, 0.2) is 17.3 Å². The normalized spacial score (nSPS) is 10.6. The maximum atomic E-state index is 13.2. The molecule has 1 aromatic carbocycles.